The molecular formula is C38H70O3. The van der Waals surface area contributed by atoms with Gasteiger partial charge < -0.3 is 14.6 Å². The van der Waals surface area contributed by atoms with Gasteiger partial charge in [-0.3, -0.25) is 0 Å². The topological polar surface area (TPSA) is 38.7 Å². The number of unbranched alkanes of at least 4 members (excludes halogenated alkanes) is 17. The van der Waals surface area contributed by atoms with Crippen LogP contribution in [0.4, 0.5) is 0 Å². The first-order chi connectivity index (χ1) is 20.3. The maximum atomic E-state index is 9.57. The summed E-state index contributed by atoms with van der Waals surface area (Å²) in [6.07, 6.45) is 47.1. The highest BCUT2D eigenvalue weighted by Gasteiger charge is 2.07. The zero-order chi connectivity index (χ0) is 29.7. The standard InChI is InChI=1S/C38H70O3/c1-3-5-7-9-11-13-15-17-19-21-22-24-26-28-30-32-34-40-37-38(36-39)41-35-33-31-29-27-25-23-20-18-16-14-12-10-8-6-4-2/h10-13,16-19,38-39H,3-9,14-15,20-37H2,1-2H3/b12-10-,13-11-,18-16-,19-17-. The van der Waals surface area contributed by atoms with Gasteiger partial charge in [0.05, 0.1) is 13.2 Å². The zero-order valence-corrected chi connectivity index (χ0v) is 27.6. The number of hydrogen-bond donors (Lipinski definition) is 1. The molecule has 0 aliphatic heterocycles. The molecule has 0 aliphatic carbocycles. The Balaban J connectivity index is 3.38. The van der Waals surface area contributed by atoms with Gasteiger partial charge in [-0.05, 0) is 70.6 Å². The van der Waals surface area contributed by atoms with Gasteiger partial charge in [0.1, 0.15) is 6.10 Å². The molecule has 41 heavy (non-hydrogen) atoms. The Morgan fingerprint density at radius 3 is 1.37 bits per heavy atom. The third kappa shape index (κ3) is 34.9. The normalized spacial score (nSPS) is 13.1. The Morgan fingerprint density at radius 1 is 0.463 bits per heavy atom. The Hall–Kier alpha value is -1.16. The van der Waals surface area contributed by atoms with Crippen LogP contribution in [0, 0.1) is 0 Å². The number of rotatable bonds is 33. The van der Waals surface area contributed by atoms with Crippen LogP contribution in [0.5, 0.6) is 0 Å². The molecule has 3 nitrogen and oxygen atoms in total. The number of aliphatic hydroxyl groups excluding tert-OH is 1. The van der Waals surface area contributed by atoms with E-state index < -0.39 is 0 Å². The second-order valence-corrected chi connectivity index (χ2v) is 11.6. The summed E-state index contributed by atoms with van der Waals surface area (Å²) in [5.74, 6) is 0. The van der Waals surface area contributed by atoms with E-state index in [4.69, 9.17) is 9.47 Å². The lowest BCUT2D eigenvalue weighted by Gasteiger charge is -2.15. The van der Waals surface area contributed by atoms with Gasteiger partial charge in [-0.1, -0.05) is 140 Å². The number of hydrogen-bond acceptors (Lipinski definition) is 3. The Morgan fingerprint density at radius 2 is 0.878 bits per heavy atom. The lowest BCUT2D eigenvalue weighted by molar-refractivity contribution is -0.0437. The highest BCUT2D eigenvalue weighted by atomic mass is 16.5. The fraction of sp³-hybridized carbons (Fsp3) is 0.789. The first kappa shape index (κ1) is 39.8. The molecule has 0 bridgehead atoms. The van der Waals surface area contributed by atoms with Gasteiger partial charge in [0.15, 0.2) is 0 Å². The third-order valence-electron chi connectivity index (χ3n) is 7.45. The Bertz CT molecular complexity index is 592. The van der Waals surface area contributed by atoms with Crippen molar-refractivity contribution in [3.8, 4) is 0 Å². The van der Waals surface area contributed by atoms with Crippen LogP contribution in [0.3, 0.4) is 0 Å². The van der Waals surface area contributed by atoms with Crippen molar-refractivity contribution in [2.75, 3.05) is 26.4 Å². The van der Waals surface area contributed by atoms with Gasteiger partial charge in [-0.15, -0.1) is 0 Å². The maximum absolute atomic E-state index is 9.57. The molecule has 1 unspecified atom stereocenters. The molecule has 0 radical (unpaired) electrons. The fourth-order valence-corrected chi connectivity index (χ4v) is 4.71. The van der Waals surface area contributed by atoms with Gasteiger partial charge in [0, 0.05) is 13.2 Å². The minimum Gasteiger partial charge on any atom is -0.394 e. The molecule has 0 aromatic rings. The van der Waals surface area contributed by atoms with Crippen molar-refractivity contribution in [2.45, 2.75) is 168 Å². The fourth-order valence-electron chi connectivity index (χ4n) is 4.71. The smallest absolute Gasteiger partial charge is 0.104 e. The summed E-state index contributed by atoms with van der Waals surface area (Å²) in [4.78, 5) is 0. The minimum atomic E-state index is -0.173. The molecule has 240 valence electrons. The van der Waals surface area contributed by atoms with Crippen molar-refractivity contribution in [3.63, 3.8) is 0 Å². The van der Waals surface area contributed by atoms with E-state index in [-0.39, 0.29) is 12.7 Å². The summed E-state index contributed by atoms with van der Waals surface area (Å²) in [7, 11) is 0. The van der Waals surface area contributed by atoms with E-state index >= 15 is 0 Å². The second-order valence-electron chi connectivity index (χ2n) is 11.6. The summed E-state index contributed by atoms with van der Waals surface area (Å²) in [6, 6.07) is 0. The van der Waals surface area contributed by atoms with E-state index in [1.165, 1.54) is 122 Å². The van der Waals surface area contributed by atoms with Crippen LogP contribution in [0.1, 0.15) is 162 Å². The molecule has 0 fully saturated rings. The van der Waals surface area contributed by atoms with Crippen molar-refractivity contribution in [1.82, 2.24) is 0 Å². The molecule has 0 saturated carbocycles. The molecule has 0 heterocycles. The predicted molar refractivity (Wildman–Crippen MR) is 182 cm³/mol. The molecule has 0 rings (SSSR count). The molecule has 0 aliphatic rings. The molecule has 0 spiro atoms. The van der Waals surface area contributed by atoms with Crippen LogP contribution in [-0.2, 0) is 9.47 Å². The van der Waals surface area contributed by atoms with E-state index in [2.05, 4.69) is 62.5 Å². The lowest BCUT2D eigenvalue weighted by Crippen LogP contribution is -2.24. The molecule has 0 saturated heterocycles. The summed E-state index contributed by atoms with van der Waals surface area (Å²) in [5, 5.41) is 9.57. The molecule has 0 aromatic carbocycles. The Labute approximate surface area is 257 Å². The summed E-state index contributed by atoms with van der Waals surface area (Å²) >= 11 is 0. The Kier molecular flexibility index (Phi) is 35.8. The van der Waals surface area contributed by atoms with Gasteiger partial charge in [-0.25, -0.2) is 0 Å². The monoisotopic (exact) mass is 575 g/mol. The van der Waals surface area contributed by atoms with E-state index in [0.29, 0.717) is 6.61 Å². The van der Waals surface area contributed by atoms with E-state index in [1.807, 2.05) is 0 Å². The average Bonchev–Trinajstić information content (AvgIpc) is 2.99. The summed E-state index contributed by atoms with van der Waals surface area (Å²) < 4.78 is 11.6. The first-order valence-electron chi connectivity index (χ1n) is 17.7. The van der Waals surface area contributed by atoms with Gasteiger partial charge in [0.2, 0.25) is 0 Å². The largest absolute Gasteiger partial charge is 0.394 e. The molecule has 0 amide bonds. The van der Waals surface area contributed by atoms with Crippen molar-refractivity contribution in [2.24, 2.45) is 0 Å². The predicted octanol–water partition coefficient (Wildman–Crippen LogP) is 11.6. The highest BCUT2D eigenvalue weighted by molar-refractivity contribution is 4.93. The SMILES string of the molecule is CCCC/C=C\C/C=C\CCCCCCCCOC(CO)COCCCCCCCC/C=C\C/C=C\CCCCC. The van der Waals surface area contributed by atoms with Crippen molar-refractivity contribution >= 4 is 0 Å². The maximum Gasteiger partial charge on any atom is 0.104 e. The third-order valence-corrected chi connectivity index (χ3v) is 7.45. The second kappa shape index (κ2) is 36.9. The van der Waals surface area contributed by atoms with Gasteiger partial charge >= 0.3 is 0 Å². The molecule has 3 heteroatoms. The quantitative estimate of drug-likeness (QED) is 0.0626. The van der Waals surface area contributed by atoms with Crippen LogP contribution in [0.2, 0.25) is 0 Å². The average molecular weight is 575 g/mol. The van der Waals surface area contributed by atoms with Crippen LogP contribution in [0.15, 0.2) is 48.6 Å². The molecule has 0 aromatic heterocycles. The van der Waals surface area contributed by atoms with Crippen molar-refractivity contribution in [3.05, 3.63) is 48.6 Å². The summed E-state index contributed by atoms with van der Waals surface area (Å²) in [6.45, 7) is 6.57. The van der Waals surface area contributed by atoms with Crippen LogP contribution >= 0.6 is 0 Å². The zero-order valence-electron chi connectivity index (χ0n) is 27.6. The minimum absolute atomic E-state index is 0.0474. The first-order valence-corrected chi connectivity index (χ1v) is 17.7. The van der Waals surface area contributed by atoms with E-state index in [0.717, 1.165) is 38.9 Å². The molecular weight excluding hydrogens is 504 g/mol. The van der Waals surface area contributed by atoms with Crippen LogP contribution < -0.4 is 0 Å². The van der Waals surface area contributed by atoms with E-state index in [1.54, 1.807) is 0 Å². The van der Waals surface area contributed by atoms with Gasteiger partial charge in [-0.2, -0.15) is 0 Å². The van der Waals surface area contributed by atoms with Crippen LogP contribution in [-0.4, -0.2) is 37.6 Å². The van der Waals surface area contributed by atoms with Crippen molar-refractivity contribution in [1.29, 1.82) is 0 Å². The lowest BCUT2D eigenvalue weighted by atomic mass is 10.1. The van der Waals surface area contributed by atoms with Gasteiger partial charge in [0.25, 0.3) is 0 Å². The number of aliphatic hydroxyl groups is 1. The van der Waals surface area contributed by atoms with E-state index in [9.17, 15) is 5.11 Å². The van der Waals surface area contributed by atoms with Crippen molar-refractivity contribution < 1.29 is 14.6 Å². The summed E-state index contributed by atoms with van der Waals surface area (Å²) in [5.41, 5.74) is 0. The number of ether oxygens (including phenoxy) is 2. The van der Waals surface area contributed by atoms with Crippen LogP contribution in [0.25, 0.3) is 0 Å². The molecule has 1 atom stereocenters. The number of allylic oxidation sites excluding steroid dienone is 8. The highest BCUT2D eigenvalue weighted by Crippen LogP contribution is 2.10. The molecule has 1 N–H and O–H groups in total.